The highest BCUT2D eigenvalue weighted by atomic mass is 35.5. The highest BCUT2D eigenvalue weighted by molar-refractivity contribution is 6.32. The summed E-state index contributed by atoms with van der Waals surface area (Å²) in [6.07, 6.45) is 0. The van der Waals surface area contributed by atoms with Gasteiger partial charge in [-0.3, -0.25) is 4.79 Å². The number of ether oxygens (including phenoxy) is 1. The van der Waals surface area contributed by atoms with Crippen LogP contribution in [0.5, 0.6) is 5.75 Å². The van der Waals surface area contributed by atoms with Crippen LogP contribution in [0.15, 0.2) is 12.1 Å². The van der Waals surface area contributed by atoms with Crippen LogP contribution in [0.25, 0.3) is 0 Å². The predicted octanol–water partition coefficient (Wildman–Crippen LogP) is 1.09. The largest absolute Gasteiger partial charge is 0.482 e. The topological polar surface area (TPSA) is 78.3 Å². The molecule has 1 amide bonds. The Balaban J connectivity index is 2.87. The lowest BCUT2D eigenvalue weighted by atomic mass is 10.2. The van der Waals surface area contributed by atoms with Gasteiger partial charge in [-0.25, -0.2) is 0 Å². The van der Waals surface area contributed by atoms with Crippen LogP contribution in [-0.4, -0.2) is 12.5 Å². The van der Waals surface area contributed by atoms with Crippen molar-refractivity contribution in [1.29, 1.82) is 0 Å². The maximum absolute atomic E-state index is 10.5. The van der Waals surface area contributed by atoms with Crippen molar-refractivity contribution < 1.29 is 9.53 Å². The van der Waals surface area contributed by atoms with Gasteiger partial charge in [-0.05, 0) is 24.6 Å². The molecule has 0 fully saturated rings. The highest BCUT2D eigenvalue weighted by Gasteiger charge is 2.06. The van der Waals surface area contributed by atoms with Gasteiger partial charge in [0, 0.05) is 5.69 Å². The van der Waals surface area contributed by atoms with Gasteiger partial charge in [0.05, 0.1) is 5.02 Å². The van der Waals surface area contributed by atoms with E-state index in [1.807, 2.05) is 6.92 Å². The van der Waals surface area contributed by atoms with Crippen LogP contribution in [0.3, 0.4) is 0 Å². The molecule has 4 nitrogen and oxygen atoms in total. The number of anilines is 1. The molecule has 0 radical (unpaired) electrons. The van der Waals surface area contributed by atoms with E-state index in [1.165, 1.54) is 0 Å². The van der Waals surface area contributed by atoms with Crippen LogP contribution < -0.4 is 16.2 Å². The van der Waals surface area contributed by atoms with Crippen molar-refractivity contribution in [3.05, 3.63) is 22.7 Å². The maximum atomic E-state index is 10.5. The Kier molecular flexibility index (Phi) is 3.19. The van der Waals surface area contributed by atoms with Gasteiger partial charge in [0.1, 0.15) is 5.75 Å². The summed E-state index contributed by atoms with van der Waals surface area (Å²) in [6, 6.07) is 3.24. The lowest BCUT2D eigenvalue weighted by Gasteiger charge is -2.08. The first kappa shape index (κ1) is 10.7. The molecule has 1 aromatic rings. The molecule has 0 saturated heterocycles. The smallest absolute Gasteiger partial charge is 0.255 e. The van der Waals surface area contributed by atoms with E-state index in [0.29, 0.717) is 16.5 Å². The average Bonchev–Trinajstić information content (AvgIpc) is 2.09. The lowest BCUT2D eigenvalue weighted by Crippen LogP contribution is -2.20. The molecule has 0 unspecified atom stereocenters. The Morgan fingerprint density at radius 1 is 1.57 bits per heavy atom. The second-order valence-corrected chi connectivity index (χ2v) is 3.30. The van der Waals surface area contributed by atoms with Crippen LogP contribution in [0.2, 0.25) is 5.02 Å². The molecule has 0 aliphatic heterocycles. The van der Waals surface area contributed by atoms with Crippen molar-refractivity contribution in [3.8, 4) is 5.75 Å². The summed E-state index contributed by atoms with van der Waals surface area (Å²) in [5, 5.41) is 0.370. The summed E-state index contributed by atoms with van der Waals surface area (Å²) in [7, 11) is 0. The second kappa shape index (κ2) is 4.19. The van der Waals surface area contributed by atoms with E-state index < -0.39 is 5.91 Å². The predicted molar refractivity (Wildman–Crippen MR) is 55.3 cm³/mol. The molecule has 76 valence electrons. The summed E-state index contributed by atoms with van der Waals surface area (Å²) in [6.45, 7) is 1.63. The zero-order chi connectivity index (χ0) is 10.7. The third kappa shape index (κ3) is 2.53. The Hall–Kier alpha value is -1.42. The number of carbonyl (C=O) groups excluding carboxylic acids is 1. The van der Waals surface area contributed by atoms with Crippen molar-refractivity contribution in [2.45, 2.75) is 6.92 Å². The monoisotopic (exact) mass is 214 g/mol. The normalized spacial score (nSPS) is 9.86. The number of hydrogen-bond donors (Lipinski definition) is 2. The van der Waals surface area contributed by atoms with Crippen molar-refractivity contribution in [2.75, 3.05) is 12.3 Å². The zero-order valence-corrected chi connectivity index (χ0v) is 8.47. The summed E-state index contributed by atoms with van der Waals surface area (Å²) in [5.74, 6) is -0.132. The van der Waals surface area contributed by atoms with Crippen LogP contribution in [0.1, 0.15) is 5.56 Å². The third-order valence-corrected chi connectivity index (χ3v) is 1.99. The molecule has 0 aliphatic rings. The number of halogens is 1. The molecule has 0 atom stereocenters. The number of carbonyl (C=O) groups is 1. The van der Waals surface area contributed by atoms with Crippen molar-refractivity contribution in [2.24, 2.45) is 5.73 Å². The Bertz CT molecular complexity index is 366. The molecule has 0 heterocycles. The van der Waals surface area contributed by atoms with Gasteiger partial charge in [0.25, 0.3) is 5.91 Å². The molecule has 0 aromatic heterocycles. The van der Waals surface area contributed by atoms with Gasteiger partial charge in [-0.15, -0.1) is 0 Å². The van der Waals surface area contributed by atoms with E-state index in [9.17, 15) is 4.79 Å². The molecule has 0 spiro atoms. The second-order valence-electron chi connectivity index (χ2n) is 2.89. The van der Waals surface area contributed by atoms with Gasteiger partial charge in [0.2, 0.25) is 0 Å². The molecule has 4 N–H and O–H groups in total. The quantitative estimate of drug-likeness (QED) is 0.740. The van der Waals surface area contributed by atoms with E-state index in [2.05, 4.69) is 0 Å². The number of nitrogen functional groups attached to an aromatic ring is 1. The van der Waals surface area contributed by atoms with Crippen LogP contribution in [0, 0.1) is 6.92 Å². The molecule has 1 aromatic carbocycles. The number of aryl methyl sites for hydroxylation is 1. The highest BCUT2D eigenvalue weighted by Crippen LogP contribution is 2.29. The van der Waals surface area contributed by atoms with Crippen LogP contribution in [0.4, 0.5) is 5.69 Å². The number of rotatable bonds is 3. The van der Waals surface area contributed by atoms with Gasteiger partial charge in [-0.2, -0.15) is 0 Å². The first-order valence-electron chi connectivity index (χ1n) is 3.97. The van der Waals surface area contributed by atoms with Crippen molar-refractivity contribution >= 4 is 23.2 Å². The standard InChI is InChI=1S/C9H11ClN2O2/c1-5-2-8(14-4-9(12)13)6(10)3-7(5)11/h2-3H,4,11H2,1H3,(H2,12,13). The van der Waals surface area contributed by atoms with Gasteiger partial charge in [0.15, 0.2) is 6.61 Å². The summed E-state index contributed by atoms with van der Waals surface area (Å²) >= 11 is 5.83. The lowest BCUT2D eigenvalue weighted by molar-refractivity contribution is -0.119. The van der Waals surface area contributed by atoms with Gasteiger partial charge in [-0.1, -0.05) is 11.6 Å². The minimum absolute atomic E-state index is 0.191. The zero-order valence-electron chi connectivity index (χ0n) is 7.71. The summed E-state index contributed by atoms with van der Waals surface area (Å²) < 4.78 is 5.07. The summed E-state index contributed by atoms with van der Waals surface area (Å²) in [4.78, 5) is 10.5. The minimum atomic E-state index is -0.546. The number of benzene rings is 1. The fraction of sp³-hybridized carbons (Fsp3) is 0.222. The molecule has 0 aliphatic carbocycles. The maximum Gasteiger partial charge on any atom is 0.255 e. The fourth-order valence-corrected chi connectivity index (χ4v) is 1.16. The Morgan fingerprint density at radius 2 is 2.21 bits per heavy atom. The van der Waals surface area contributed by atoms with Crippen LogP contribution in [-0.2, 0) is 4.79 Å². The molecule has 0 bridgehead atoms. The molecule has 14 heavy (non-hydrogen) atoms. The number of hydrogen-bond acceptors (Lipinski definition) is 3. The van der Waals surface area contributed by atoms with Gasteiger partial charge >= 0.3 is 0 Å². The molecular formula is C9H11ClN2O2. The van der Waals surface area contributed by atoms with E-state index in [1.54, 1.807) is 12.1 Å². The number of amides is 1. The summed E-state index contributed by atoms with van der Waals surface area (Å²) in [5.41, 5.74) is 12.0. The third-order valence-electron chi connectivity index (χ3n) is 1.69. The molecule has 0 saturated carbocycles. The van der Waals surface area contributed by atoms with E-state index in [4.69, 9.17) is 27.8 Å². The molecular weight excluding hydrogens is 204 g/mol. The Morgan fingerprint density at radius 3 is 2.79 bits per heavy atom. The molecule has 1 rings (SSSR count). The van der Waals surface area contributed by atoms with Crippen molar-refractivity contribution in [3.63, 3.8) is 0 Å². The SMILES string of the molecule is Cc1cc(OCC(N)=O)c(Cl)cc1N. The number of primary amides is 1. The van der Waals surface area contributed by atoms with E-state index >= 15 is 0 Å². The molecule has 5 heteroatoms. The van der Waals surface area contributed by atoms with E-state index in [-0.39, 0.29) is 6.61 Å². The van der Waals surface area contributed by atoms with E-state index in [0.717, 1.165) is 5.56 Å². The minimum Gasteiger partial charge on any atom is -0.482 e. The Labute approximate surface area is 86.8 Å². The number of nitrogens with two attached hydrogens (primary N) is 2. The first-order chi connectivity index (χ1) is 6.50. The fourth-order valence-electron chi connectivity index (χ4n) is 0.930. The first-order valence-corrected chi connectivity index (χ1v) is 4.35. The van der Waals surface area contributed by atoms with Gasteiger partial charge < -0.3 is 16.2 Å². The average molecular weight is 215 g/mol. The van der Waals surface area contributed by atoms with Crippen molar-refractivity contribution in [1.82, 2.24) is 0 Å². The van der Waals surface area contributed by atoms with Crippen LogP contribution >= 0.6 is 11.6 Å².